The summed E-state index contributed by atoms with van der Waals surface area (Å²) in [6.07, 6.45) is 0. The van der Waals surface area contributed by atoms with E-state index >= 15 is 0 Å². The van der Waals surface area contributed by atoms with Crippen LogP contribution in [0.1, 0.15) is 5.56 Å². The van der Waals surface area contributed by atoms with Crippen LogP contribution < -0.4 is 0 Å². The van der Waals surface area contributed by atoms with Crippen molar-refractivity contribution in [1.29, 1.82) is 0 Å². The summed E-state index contributed by atoms with van der Waals surface area (Å²) in [7, 11) is 0. The third kappa shape index (κ3) is 1.30. The lowest BCUT2D eigenvalue weighted by Gasteiger charge is -1.95. The van der Waals surface area contributed by atoms with Crippen molar-refractivity contribution in [3.05, 3.63) is 42.0 Å². The molecular weight excluding hydrogens is 138 g/mol. The number of aliphatic hydroxyl groups is 1. The maximum atomic E-state index is 12.4. The average molecular weight is 143 g/mol. The lowest BCUT2D eigenvalue weighted by molar-refractivity contribution is 0.406. The number of halogens is 2. The first-order valence-electron chi connectivity index (χ1n) is 2.66. The zero-order chi connectivity index (χ0) is 7.56. The van der Waals surface area contributed by atoms with Gasteiger partial charge in [-0.15, -0.1) is 0 Å². The van der Waals surface area contributed by atoms with Crippen molar-refractivity contribution in [2.24, 2.45) is 0 Å². The van der Waals surface area contributed by atoms with E-state index in [1.165, 1.54) is 0 Å². The summed E-state index contributed by atoms with van der Waals surface area (Å²) in [5.74, 6) is -1.20. The molecule has 1 radical (unpaired) electrons. The zero-order valence-electron chi connectivity index (χ0n) is 5.01. The van der Waals surface area contributed by atoms with Crippen molar-refractivity contribution >= 4 is 0 Å². The summed E-state index contributed by atoms with van der Waals surface area (Å²) in [6.45, 7) is 0.526. The van der Waals surface area contributed by atoms with Gasteiger partial charge in [-0.25, -0.2) is 8.78 Å². The van der Waals surface area contributed by atoms with E-state index in [1.54, 1.807) is 0 Å². The first-order valence-corrected chi connectivity index (χ1v) is 2.66. The highest BCUT2D eigenvalue weighted by Gasteiger charge is 2.00. The minimum atomic E-state index is -0.635. The van der Waals surface area contributed by atoms with Crippen LogP contribution in [0.5, 0.6) is 0 Å². The molecular formula is C7H5F2O. The van der Waals surface area contributed by atoms with E-state index in [0.29, 0.717) is 6.61 Å². The summed E-state index contributed by atoms with van der Waals surface area (Å²) in [4.78, 5) is 0. The Morgan fingerprint density at radius 3 is 2.50 bits per heavy atom. The van der Waals surface area contributed by atoms with Crippen molar-refractivity contribution in [3.63, 3.8) is 0 Å². The lowest BCUT2D eigenvalue weighted by Crippen LogP contribution is -1.87. The second-order valence-electron chi connectivity index (χ2n) is 1.79. The number of benzene rings is 1. The fraction of sp³-hybridized carbons (Fsp3) is 0. The van der Waals surface area contributed by atoms with Crippen molar-refractivity contribution < 1.29 is 13.9 Å². The van der Waals surface area contributed by atoms with Crippen LogP contribution in [0.15, 0.2) is 18.2 Å². The van der Waals surface area contributed by atoms with E-state index < -0.39 is 11.6 Å². The smallest absolute Gasteiger partial charge is 0.129 e. The van der Waals surface area contributed by atoms with Crippen LogP contribution in [-0.2, 0) is 0 Å². The average Bonchev–Trinajstić information content (AvgIpc) is 1.94. The fourth-order valence-electron chi connectivity index (χ4n) is 0.614. The summed E-state index contributed by atoms with van der Waals surface area (Å²) in [5, 5.41) is 8.31. The van der Waals surface area contributed by atoms with Crippen molar-refractivity contribution in [1.82, 2.24) is 0 Å². The Bertz CT molecular complexity index is 235. The van der Waals surface area contributed by atoms with Crippen LogP contribution in [0.25, 0.3) is 0 Å². The molecule has 1 rings (SSSR count). The van der Waals surface area contributed by atoms with Gasteiger partial charge in [0.15, 0.2) is 0 Å². The Morgan fingerprint density at radius 1 is 1.30 bits per heavy atom. The highest BCUT2D eigenvalue weighted by molar-refractivity contribution is 5.22. The molecule has 3 heteroatoms. The van der Waals surface area contributed by atoms with Gasteiger partial charge in [-0.1, -0.05) is 0 Å². The summed E-state index contributed by atoms with van der Waals surface area (Å²) in [5.41, 5.74) is -0.139. The Labute approximate surface area is 56.9 Å². The molecule has 1 aromatic carbocycles. The fourth-order valence-corrected chi connectivity index (χ4v) is 0.614. The zero-order valence-corrected chi connectivity index (χ0v) is 5.01. The maximum absolute atomic E-state index is 12.4. The molecule has 0 aromatic heterocycles. The number of aliphatic hydroxyl groups excluding tert-OH is 1. The van der Waals surface area contributed by atoms with E-state index in [2.05, 4.69) is 0 Å². The lowest BCUT2D eigenvalue weighted by atomic mass is 10.2. The first-order chi connectivity index (χ1) is 4.74. The van der Waals surface area contributed by atoms with Gasteiger partial charge < -0.3 is 5.11 Å². The third-order valence-electron chi connectivity index (χ3n) is 1.10. The number of hydrogen-bond donors (Lipinski definition) is 1. The Balaban J connectivity index is 3.09. The van der Waals surface area contributed by atoms with Gasteiger partial charge in [0.05, 0.1) is 0 Å². The number of rotatable bonds is 1. The Kier molecular flexibility index (Phi) is 1.97. The van der Waals surface area contributed by atoms with Gasteiger partial charge >= 0.3 is 0 Å². The van der Waals surface area contributed by atoms with Gasteiger partial charge in [0.25, 0.3) is 0 Å². The first kappa shape index (κ1) is 7.15. The second kappa shape index (κ2) is 2.75. The monoisotopic (exact) mass is 143 g/mol. The molecule has 53 valence electrons. The molecule has 0 unspecified atom stereocenters. The molecule has 1 N–H and O–H groups in total. The highest BCUT2D eigenvalue weighted by atomic mass is 19.1. The minimum absolute atomic E-state index is 0.139. The quantitative estimate of drug-likeness (QED) is 0.636. The third-order valence-corrected chi connectivity index (χ3v) is 1.10. The van der Waals surface area contributed by atoms with Crippen LogP contribution in [0.3, 0.4) is 0 Å². The summed E-state index contributed by atoms with van der Waals surface area (Å²) in [6, 6.07) is 2.86. The Hall–Kier alpha value is -0.960. The molecule has 0 aliphatic heterocycles. The Morgan fingerprint density at radius 2 is 2.00 bits per heavy atom. The standard InChI is InChI=1S/C7H5F2O/c8-6-1-2-7(9)5(3-6)4-10/h1-4,10H. The largest absolute Gasteiger partial charge is 0.385 e. The van der Waals surface area contributed by atoms with Crippen molar-refractivity contribution in [2.45, 2.75) is 0 Å². The van der Waals surface area contributed by atoms with E-state index in [-0.39, 0.29) is 5.56 Å². The maximum Gasteiger partial charge on any atom is 0.129 e. The van der Waals surface area contributed by atoms with Gasteiger partial charge in [0.2, 0.25) is 0 Å². The molecule has 0 saturated carbocycles. The minimum Gasteiger partial charge on any atom is -0.385 e. The molecule has 10 heavy (non-hydrogen) atoms. The van der Waals surface area contributed by atoms with Crippen LogP contribution in [0.2, 0.25) is 0 Å². The molecule has 0 aliphatic carbocycles. The van der Waals surface area contributed by atoms with Crippen LogP contribution >= 0.6 is 0 Å². The molecule has 0 bridgehead atoms. The van der Waals surface area contributed by atoms with E-state index in [0.717, 1.165) is 18.2 Å². The van der Waals surface area contributed by atoms with Crippen LogP contribution in [0.4, 0.5) is 8.78 Å². The molecule has 1 nitrogen and oxygen atoms in total. The van der Waals surface area contributed by atoms with Gasteiger partial charge in [-0.05, 0) is 18.2 Å². The molecule has 0 amide bonds. The van der Waals surface area contributed by atoms with Crippen LogP contribution in [0, 0.1) is 18.2 Å². The predicted molar refractivity (Wildman–Crippen MR) is 31.7 cm³/mol. The predicted octanol–water partition coefficient (Wildman–Crippen LogP) is 1.85. The normalized spacial score (nSPS) is 9.90. The van der Waals surface area contributed by atoms with Gasteiger partial charge in [0.1, 0.15) is 18.2 Å². The molecule has 1 aromatic rings. The molecule has 0 aliphatic rings. The summed E-state index contributed by atoms with van der Waals surface area (Å²) < 4.78 is 24.6. The second-order valence-corrected chi connectivity index (χ2v) is 1.79. The number of hydrogen-bond acceptors (Lipinski definition) is 1. The SMILES string of the molecule is O[CH]c1cc(F)ccc1F. The molecule has 0 heterocycles. The van der Waals surface area contributed by atoms with E-state index in [9.17, 15) is 8.78 Å². The molecule has 0 saturated heterocycles. The molecule has 0 spiro atoms. The van der Waals surface area contributed by atoms with Gasteiger partial charge in [-0.3, -0.25) is 0 Å². The van der Waals surface area contributed by atoms with Gasteiger partial charge in [0, 0.05) is 5.56 Å². The van der Waals surface area contributed by atoms with Gasteiger partial charge in [-0.2, -0.15) is 0 Å². The summed E-state index contributed by atoms with van der Waals surface area (Å²) >= 11 is 0. The van der Waals surface area contributed by atoms with Crippen LogP contribution in [-0.4, -0.2) is 5.11 Å². The highest BCUT2D eigenvalue weighted by Crippen LogP contribution is 2.09. The topological polar surface area (TPSA) is 20.2 Å². The molecule has 0 atom stereocenters. The van der Waals surface area contributed by atoms with Crippen molar-refractivity contribution in [2.75, 3.05) is 0 Å². The van der Waals surface area contributed by atoms with E-state index in [4.69, 9.17) is 5.11 Å². The molecule has 0 fully saturated rings. The van der Waals surface area contributed by atoms with E-state index in [1.807, 2.05) is 0 Å². The van der Waals surface area contributed by atoms with Crippen molar-refractivity contribution in [3.8, 4) is 0 Å².